The van der Waals surface area contributed by atoms with Crippen LogP contribution in [0.5, 0.6) is 0 Å². The van der Waals surface area contributed by atoms with Gasteiger partial charge in [-0.15, -0.1) is 0 Å². The van der Waals surface area contributed by atoms with Crippen molar-refractivity contribution in [2.24, 2.45) is 0 Å². The molecule has 1 saturated carbocycles. The molecule has 0 aromatic heterocycles. The molecule has 0 saturated heterocycles. The Morgan fingerprint density at radius 3 is 2.39 bits per heavy atom. The Morgan fingerprint density at radius 2 is 1.72 bits per heavy atom. The van der Waals surface area contributed by atoms with E-state index in [1.54, 1.807) is 0 Å². The van der Waals surface area contributed by atoms with Crippen molar-refractivity contribution in [2.45, 2.75) is 58.0 Å². The summed E-state index contributed by atoms with van der Waals surface area (Å²) < 4.78 is 9.60. The minimum absolute atomic E-state index is 0.133. The molecule has 1 aliphatic rings. The molecule has 1 aliphatic carbocycles. The Morgan fingerprint density at radius 1 is 1.06 bits per heavy atom. The van der Waals surface area contributed by atoms with Gasteiger partial charge in [-0.2, -0.15) is 19.4 Å². The molecule has 0 aromatic carbocycles. The maximum absolute atomic E-state index is 11.2. The molecule has 6 nitrogen and oxygen atoms in total. The van der Waals surface area contributed by atoms with Crippen LogP contribution >= 0.6 is 0 Å². The molecule has 0 atom stereocenters. The van der Waals surface area contributed by atoms with Crippen LogP contribution in [0.15, 0.2) is 0 Å². The molecule has 0 spiro atoms. The summed E-state index contributed by atoms with van der Waals surface area (Å²) in [7, 11) is 0. The largest absolute Gasteiger partial charge is 0.550 e. The summed E-state index contributed by atoms with van der Waals surface area (Å²) >= 11 is 0. The van der Waals surface area contributed by atoms with Crippen molar-refractivity contribution in [3.63, 3.8) is 0 Å². The first-order valence-electron chi connectivity index (χ1n) is 6.44. The van der Waals surface area contributed by atoms with Crippen molar-refractivity contribution in [1.29, 1.82) is 0 Å². The molecular weight excluding hydrogens is 240 g/mol. The SMILES string of the molecule is CCCCOC(=O)OOC(=O)OC1CCCCC1. The van der Waals surface area contributed by atoms with E-state index in [1.807, 2.05) is 6.92 Å². The molecule has 6 heteroatoms. The zero-order chi connectivity index (χ0) is 13.2. The molecule has 0 N–H and O–H groups in total. The summed E-state index contributed by atoms with van der Waals surface area (Å²) in [6.45, 7) is 2.21. The number of carbonyl (C=O) groups is 2. The van der Waals surface area contributed by atoms with Gasteiger partial charge in [-0.1, -0.05) is 19.8 Å². The smallest absolute Gasteiger partial charge is 0.432 e. The number of rotatable bonds is 4. The summed E-state index contributed by atoms with van der Waals surface area (Å²) in [5.74, 6) is 0. The second kappa shape index (κ2) is 8.60. The number of hydrogen-bond acceptors (Lipinski definition) is 6. The molecule has 0 aliphatic heterocycles. The predicted molar refractivity (Wildman–Crippen MR) is 61.8 cm³/mol. The van der Waals surface area contributed by atoms with Crippen LogP contribution in [0.1, 0.15) is 51.9 Å². The zero-order valence-corrected chi connectivity index (χ0v) is 10.7. The van der Waals surface area contributed by atoms with Crippen LogP contribution in [0.25, 0.3) is 0 Å². The van der Waals surface area contributed by atoms with Gasteiger partial charge >= 0.3 is 12.3 Å². The minimum Gasteiger partial charge on any atom is -0.432 e. The molecule has 1 rings (SSSR count). The molecule has 0 radical (unpaired) electrons. The maximum Gasteiger partial charge on any atom is 0.550 e. The fourth-order valence-electron chi connectivity index (χ4n) is 1.73. The summed E-state index contributed by atoms with van der Waals surface area (Å²) in [5, 5.41) is 0. The van der Waals surface area contributed by atoms with E-state index < -0.39 is 12.3 Å². The van der Waals surface area contributed by atoms with Crippen LogP contribution < -0.4 is 0 Å². The van der Waals surface area contributed by atoms with Gasteiger partial charge in [0.2, 0.25) is 0 Å². The van der Waals surface area contributed by atoms with E-state index in [0.29, 0.717) is 0 Å². The fraction of sp³-hybridized carbons (Fsp3) is 0.833. The lowest BCUT2D eigenvalue weighted by Crippen LogP contribution is -2.22. The van der Waals surface area contributed by atoms with Crippen LogP contribution in [0.3, 0.4) is 0 Å². The lowest BCUT2D eigenvalue weighted by Gasteiger charge is -2.20. The molecule has 0 heterocycles. The third-order valence-corrected chi connectivity index (χ3v) is 2.71. The molecular formula is C12H20O6. The second-order valence-corrected chi connectivity index (χ2v) is 4.25. The van der Waals surface area contributed by atoms with Crippen LogP contribution in [-0.2, 0) is 19.2 Å². The number of unbranched alkanes of at least 4 members (excludes halogenated alkanes) is 1. The highest BCUT2D eigenvalue weighted by Crippen LogP contribution is 2.20. The van der Waals surface area contributed by atoms with Gasteiger partial charge in [0, 0.05) is 0 Å². The molecule has 0 bridgehead atoms. The highest BCUT2D eigenvalue weighted by Gasteiger charge is 2.20. The van der Waals surface area contributed by atoms with Gasteiger partial charge in [-0.3, -0.25) is 0 Å². The Balaban J connectivity index is 2.06. The van der Waals surface area contributed by atoms with E-state index in [-0.39, 0.29) is 12.7 Å². The van der Waals surface area contributed by atoms with Crippen molar-refractivity contribution in [1.82, 2.24) is 0 Å². The lowest BCUT2D eigenvalue weighted by molar-refractivity contribution is -0.222. The Labute approximate surface area is 106 Å². The molecule has 0 aromatic rings. The Kier molecular flexibility index (Phi) is 6.98. The normalized spacial score (nSPS) is 15.8. The van der Waals surface area contributed by atoms with Gasteiger partial charge in [0.25, 0.3) is 0 Å². The molecule has 0 amide bonds. The maximum atomic E-state index is 11.2. The second-order valence-electron chi connectivity index (χ2n) is 4.25. The monoisotopic (exact) mass is 260 g/mol. The fourth-order valence-corrected chi connectivity index (χ4v) is 1.73. The molecule has 104 valence electrons. The van der Waals surface area contributed by atoms with Gasteiger partial charge in [0.1, 0.15) is 6.10 Å². The number of carbonyl (C=O) groups excluding carboxylic acids is 2. The first-order chi connectivity index (χ1) is 8.72. The minimum atomic E-state index is -1.02. The van der Waals surface area contributed by atoms with Crippen LogP contribution in [0, 0.1) is 0 Å². The van der Waals surface area contributed by atoms with Gasteiger partial charge < -0.3 is 9.47 Å². The Hall–Kier alpha value is -1.46. The van der Waals surface area contributed by atoms with E-state index in [9.17, 15) is 9.59 Å². The van der Waals surface area contributed by atoms with Crippen molar-refractivity contribution in [3.05, 3.63) is 0 Å². The van der Waals surface area contributed by atoms with E-state index >= 15 is 0 Å². The lowest BCUT2D eigenvalue weighted by atomic mass is 9.98. The predicted octanol–water partition coefficient (Wildman–Crippen LogP) is 3.34. The van der Waals surface area contributed by atoms with Crippen LogP contribution in [0.2, 0.25) is 0 Å². The topological polar surface area (TPSA) is 71.1 Å². The highest BCUT2D eigenvalue weighted by molar-refractivity contribution is 5.63. The highest BCUT2D eigenvalue weighted by atomic mass is 17.3. The average Bonchev–Trinajstić information content (AvgIpc) is 2.38. The van der Waals surface area contributed by atoms with Crippen LogP contribution in [-0.4, -0.2) is 25.0 Å². The van der Waals surface area contributed by atoms with E-state index in [1.165, 1.54) is 0 Å². The third kappa shape index (κ3) is 6.32. The summed E-state index contributed by atoms with van der Waals surface area (Å²) in [6.07, 6.45) is 4.39. The standard InChI is InChI=1S/C12H20O6/c1-2-3-9-15-11(13)17-18-12(14)16-10-7-5-4-6-8-10/h10H,2-9H2,1H3. The van der Waals surface area contributed by atoms with Gasteiger partial charge in [-0.25, -0.2) is 0 Å². The zero-order valence-electron chi connectivity index (χ0n) is 10.7. The first kappa shape index (κ1) is 14.6. The molecule has 1 fully saturated rings. The van der Waals surface area contributed by atoms with E-state index in [2.05, 4.69) is 14.5 Å². The van der Waals surface area contributed by atoms with Crippen molar-refractivity contribution in [2.75, 3.05) is 6.61 Å². The summed E-state index contributed by atoms with van der Waals surface area (Å²) in [4.78, 5) is 30.5. The van der Waals surface area contributed by atoms with Gasteiger partial charge in [-0.05, 0) is 32.1 Å². The van der Waals surface area contributed by atoms with E-state index in [4.69, 9.17) is 4.74 Å². The van der Waals surface area contributed by atoms with Crippen molar-refractivity contribution < 1.29 is 28.8 Å². The Bertz CT molecular complexity index is 259. The van der Waals surface area contributed by atoms with Gasteiger partial charge in [0.05, 0.1) is 6.61 Å². The summed E-state index contributed by atoms with van der Waals surface area (Å²) in [6, 6.07) is 0. The first-order valence-corrected chi connectivity index (χ1v) is 6.44. The summed E-state index contributed by atoms with van der Waals surface area (Å²) in [5.41, 5.74) is 0. The number of hydrogen-bond donors (Lipinski definition) is 0. The van der Waals surface area contributed by atoms with Crippen molar-refractivity contribution >= 4 is 12.3 Å². The van der Waals surface area contributed by atoms with Gasteiger partial charge in [0.15, 0.2) is 0 Å². The number of ether oxygens (including phenoxy) is 2. The van der Waals surface area contributed by atoms with Crippen molar-refractivity contribution in [3.8, 4) is 0 Å². The third-order valence-electron chi connectivity index (χ3n) is 2.71. The van der Waals surface area contributed by atoms with E-state index in [0.717, 1.165) is 44.9 Å². The quantitative estimate of drug-likeness (QED) is 0.334. The molecule has 0 unspecified atom stereocenters. The average molecular weight is 260 g/mol. The molecule has 18 heavy (non-hydrogen) atoms. The van der Waals surface area contributed by atoms with Crippen LogP contribution in [0.4, 0.5) is 9.59 Å².